The van der Waals surface area contributed by atoms with E-state index in [1.54, 1.807) is 14.0 Å². The van der Waals surface area contributed by atoms with Crippen molar-refractivity contribution in [2.75, 3.05) is 13.7 Å². The van der Waals surface area contributed by atoms with Gasteiger partial charge in [-0.1, -0.05) is 18.6 Å². The maximum Gasteiger partial charge on any atom is 0.319 e. The molecule has 0 N–H and O–H groups in total. The van der Waals surface area contributed by atoms with Gasteiger partial charge in [0.2, 0.25) is 0 Å². The molecule has 114 valence electrons. The predicted octanol–water partition coefficient (Wildman–Crippen LogP) is 2.93. The molecule has 0 heterocycles. The number of ketones is 1. The van der Waals surface area contributed by atoms with Gasteiger partial charge >= 0.3 is 5.97 Å². The Hall–Kier alpha value is -1.84. The van der Waals surface area contributed by atoms with Crippen LogP contribution in [0.15, 0.2) is 24.3 Å². The van der Waals surface area contributed by atoms with Gasteiger partial charge in [-0.3, -0.25) is 9.59 Å². The molecule has 1 fully saturated rings. The molecule has 1 aromatic rings. The largest absolute Gasteiger partial charge is 0.497 e. The number of benzene rings is 1. The Morgan fingerprint density at radius 2 is 2.14 bits per heavy atom. The van der Waals surface area contributed by atoms with Gasteiger partial charge in [0.25, 0.3) is 0 Å². The maximum absolute atomic E-state index is 12.5. The smallest absolute Gasteiger partial charge is 0.319 e. The minimum Gasteiger partial charge on any atom is -0.497 e. The van der Waals surface area contributed by atoms with Gasteiger partial charge in [0.15, 0.2) is 5.78 Å². The van der Waals surface area contributed by atoms with E-state index < -0.39 is 5.41 Å². The summed E-state index contributed by atoms with van der Waals surface area (Å²) in [7, 11) is 1.60. The van der Waals surface area contributed by atoms with E-state index >= 15 is 0 Å². The fourth-order valence-corrected chi connectivity index (χ4v) is 2.97. The van der Waals surface area contributed by atoms with E-state index in [1.807, 2.05) is 24.3 Å². The predicted molar refractivity (Wildman–Crippen MR) is 79.2 cm³/mol. The third kappa shape index (κ3) is 3.26. The van der Waals surface area contributed by atoms with E-state index in [4.69, 9.17) is 9.47 Å². The molecule has 0 radical (unpaired) electrons. The molecule has 2 rings (SSSR count). The van der Waals surface area contributed by atoms with Gasteiger partial charge in [0.05, 0.1) is 13.7 Å². The summed E-state index contributed by atoms with van der Waals surface area (Å²) < 4.78 is 10.4. The Balaban J connectivity index is 2.31. The van der Waals surface area contributed by atoms with Gasteiger partial charge in [0.1, 0.15) is 11.2 Å². The number of hydrogen-bond acceptors (Lipinski definition) is 4. The molecule has 0 saturated heterocycles. The molecule has 1 aromatic carbocycles. The summed E-state index contributed by atoms with van der Waals surface area (Å²) >= 11 is 0. The zero-order valence-corrected chi connectivity index (χ0v) is 12.7. The lowest BCUT2D eigenvalue weighted by Crippen LogP contribution is -2.44. The lowest BCUT2D eigenvalue weighted by molar-refractivity contribution is -0.162. The van der Waals surface area contributed by atoms with Gasteiger partial charge in [-0.25, -0.2) is 0 Å². The number of carbonyl (C=O) groups is 2. The molecule has 1 saturated carbocycles. The van der Waals surface area contributed by atoms with Crippen LogP contribution in [-0.4, -0.2) is 25.5 Å². The molecule has 1 aliphatic carbocycles. The fraction of sp³-hybridized carbons (Fsp3) is 0.529. The molecule has 1 aliphatic rings. The summed E-state index contributed by atoms with van der Waals surface area (Å²) in [5.41, 5.74) is -0.0849. The van der Waals surface area contributed by atoms with Gasteiger partial charge < -0.3 is 9.47 Å². The number of methoxy groups -OCH3 is 1. The van der Waals surface area contributed by atoms with Crippen LogP contribution in [-0.2, 0) is 20.7 Å². The van der Waals surface area contributed by atoms with E-state index in [0.717, 1.165) is 24.2 Å². The van der Waals surface area contributed by atoms with Gasteiger partial charge in [-0.15, -0.1) is 0 Å². The Kier molecular flexibility index (Phi) is 4.99. The zero-order chi connectivity index (χ0) is 15.3. The number of Topliss-reactive ketones (excluding diaryl/α,β-unsaturated/α-hetero) is 1. The van der Waals surface area contributed by atoms with Crippen molar-refractivity contribution in [1.29, 1.82) is 0 Å². The second-order valence-corrected chi connectivity index (χ2v) is 5.46. The lowest BCUT2D eigenvalue weighted by atomic mass is 9.69. The van der Waals surface area contributed by atoms with Gasteiger partial charge in [-0.2, -0.15) is 0 Å². The van der Waals surface area contributed by atoms with E-state index in [9.17, 15) is 9.59 Å². The molecular weight excluding hydrogens is 268 g/mol. The van der Waals surface area contributed by atoms with E-state index in [0.29, 0.717) is 25.9 Å². The first-order valence-electron chi connectivity index (χ1n) is 7.46. The summed E-state index contributed by atoms with van der Waals surface area (Å²) in [6.45, 7) is 2.07. The molecule has 0 aromatic heterocycles. The van der Waals surface area contributed by atoms with Crippen LogP contribution in [0.5, 0.6) is 5.75 Å². The zero-order valence-electron chi connectivity index (χ0n) is 12.7. The van der Waals surface area contributed by atoms with Crippen LogP contribution in [0.3, 0.4) is 0 Å². The highest BCUT2D eigenvalue weighted by atomic mass is 16.5. The van der Waals surface area contributed by atoms with Gasteiger partial charge in [-0.05, 0) is 43.9 Å². The molecule has 0 bridgehead atoms. The Bertz CT molecular complexity index is 523. The quantitative estimate of drug-likeness (QED) is 0.618. The third-order valence-corrected chi connectivity index (χ3v) is 4.10. The molecule has 1 atom stereocenters. The molecule has 0 spiro atoms. The second kappa shape index (κ2) is 6.74. The van der Waals surface area contributed by atoms with Gasteiger partial charge in [0, 0.05) is 6.42 Å². The van der Waals surface area contributed by atoms with Crippen LogP contribution >= 0.6 is 0 Å². The van der Waals surface area contributed by atoms with Crippen molar-refractivity contribution < 1.29 is 19.1 Å². The summed E-state index contributed by atoms with van der Waals surface area (Å²) in [6, 6.07) is 7.53. The molecule has 4 heteroatoms. The lowest BCUT2D eigenvalue weighted by Gasteiger charge is -2.33. The number of rotatable bonds is 5. The fourth-order valence-electron chi connectivity index (χ4n) is 2.97. The van der Waals surface area contributed by atoms with Crippen molar-refractivity contribution in [2.24, 2.45) is 5.41 Å². The van der Waals surface area contributed by atoms with Crippen molar-refractivity contribution in [3.05, 3.63) is 29.8 Å². The van der Waals surface area contributed by atoms with E-state index in [2.05, 4.69) is 0 Å². The minimum atomic E-state index is -1.01. The molecule has 0 amide bonds. The van der Waals surface area contributed by atoms with Crippen molar-refractivity contribution in [1.82, 2.24) is 0 Å². The SMILES string of the molecule is CCOC(=O)C1(Cc2cccc(OC)c2)CCCCC1=O. The molecule has 21 heavy (non-hydrogen) atoms. The molecule has 0 aliphatic heterocycles. The Labute approximate surface area is 125 Å². The number of esters is 1. The van der Waals surface area contributed by atoms with Crippen LogP contribution < -0.4 is 4.74 Å². The topological polar surface area (TPSA) is 52.6 Å². The molecule has 4 nitrogen and oxygen atoms in total. The molecular formula is C17H22O4. The average Bonchev–Trinajstić information content (AvgIpc) is 2.50. The summed E-state index contributed by atoms with van der Waals surface area (Å²) in [6.07, 6.45) is 3.17. The third-order valence-electron chi connectivity index (χ3n) is 4.10. The Morgan fingerprint density at radius 3 is 2.81 bits per heavy atom. The number of carbonyl (C=O) groups excluding carboxylic acids is 2. The highest BCUT2D eigenvalue weighted by molar-refractivity contribution is 6.04. The standard InChI is InChI=1S/C17H22O4/c1-3-21-16(19)17(10-5-4-9-15(17)18)12-13-7-6-8-14(11-13)20-2/h6-8,11H,3-5,9-10,12H2,1-2H3. The minimum absolute atomic E-state index is 0.00928. The number of hydrogen-bond donors (Lipinski definition) is 0. The van der Waals surface area contributed by atoms with Crippen molar-refractivity contribution >= 4 is 11.8 Å². The monoisotopic (exact) mass is 290 g/mol. The first-order valence-corrected chi connectivity index (χ1v) is 7.46. The van der Waals surface area contributed by atoms with Crippen LogP contribution in [0.4, 0.5) is 0 Å². The van der Waals surface area contributed by atoms with Crippen molar-refractivity contribution in [2.45, 2.75) is 39.0 Å². The highest BCUT2D eigenvalue weighted by Gasteiger charge is 2.47. The Morgan fingerprint density at radius 1 is 1.33 bits per heavy atom. The van der Waals surface area contributed by atoms with Crippen molar-refractivity contribution in [3.8, 4) is 5.75 Å². The highest BCUT2D eigenvalue weighted by Crippen LogP contribution is 2.38. The first-order chi connectivity index (χ1) is 10.1. The second-order valence-electron chi connectivity index (χ2n) is 5.46. The molecule has 1 unspecified atom stereocenters. The average molecular weight is 290 g/mol. The van der Waals surface area contributed by atoms with Crippen LogP contribution in [0, 0.1) is 5.41 Å². The summed E-state index contributed by atoms with van der Waals surface area (Å²) in [5.74, 6) is 0.363. The summed E-state index contributed by atoms with van der Waals surface area (Å²) in [5, 5.41) is 0. The van der Waals surface area contributed by atoms with E-state index in [1.165, 1.54) is 0 Å². The normalized spacial score (nSPS) is 21.9. The van der Waals surface area contributed by atoms with Crippen LogP contribution in [0.1, 0.15) is 38.2 Å². The maximum atomic E-state index is 12.5. The number of ether oxygens (including phenoxy) is 2. The van der Waals surface area contributed by atoms with Crippen LogP contribution in [0.2, 0.25) is 0 Å². The van der Waals surface area contributed by atoms with E-state index in [-0.39, 0.29) is 11.8 Å². The first kappa shape index (κ1) is 15.5. The summed E-state index contributed by atoms with van der Waals surface area (Å²) in [4.78, 5) is 24.9. The van der Waals surface area contributed by atoms with Crippen LogP contribution in [0.25, 0.3) is 0 Å². The van der Waals surface area contributed by atoms with Crippen molar-refractivity contribution in [3.63, 3.8) is 0 Å².